The van der Waals surface area contributed by atoms with Crippen LogP contribution in [0.5, 0.6) is 0 Å². The van der Waals surface area contributed by atoms with E-state index < -0.39 is 5.60 Å². The standard InChI is InChI=1S/C12H27NO/c1-10(2)9-13-11(3)7-6-8-12(4,5)14/h10-11,13-14H,6-9H2,1-5H3. The van der Waals surface area contributed by atoms with E-state index >= 15 is 0 Å². The maximum absolute atomic E-state index is 9.53. The SMILES string of the molecule is CC(C)CNC(C)CCCC(C)(C)O. The summed E-state index contributed by atoms with van der Waals surface area (Å²) in [5.41, 5.74) is -0.502. The van der Waals surface area contributed by atoms with Gasteiger partial charge in [-0.05, 0) is 52.5 Å². The Balaban J connectivity index is 3.40. The minimum Gasteiger partial charge on any atom is -0.390 e. The molecule has 2 nitrogen and oxygen atoms in total. The average Bonchev–Trinajstić information content (AvgIpc) is 1.98. The molecule has 0 radical (unpaired) electrons. The summed E-state index contributed by atoms with van der Waals surface area (Å²) in [6.45, 7) is 11.5. The summed E-state index contributed by atoms with van der Waals surface area (Å²) in [6, 6.07) is 0.569. The van der Waals surface area contributed by atoms with Crippen LogP contribution in [0.2, 0.25) is 0 Å². The zero-order chi connectivity index (χ0) is 11.2. The van der Waals surface area contributed by atoms with Crippen LogP contribution < -0.4 is 5.32 Å². The van der Waals surface area contributed by atoms with Gasteiger partial charge in [0.05, 0.1) is 5.60 Å². The molecule has 2 N–H and O–H groups in total. The van der Waals surface area contributed by atoms with Crippen LogP contribution in [-0.2, 0) is 0 Å². The van der Waals surface area contributed by atoms with Crippen molar-refractivity contribution in [2.45, 2.75) is 65.5 Å². The molecule has 0 saturated carbocycles. The third-order valence-corrected chi connectivity index (χ3v) is 2.30. The van der Waals surface area contributed by atoms with Crippen molar-refractivity contribution in [3.63, 3.8) is 0 Å². The van der Waals surface area contributed by atoms with E-state index in [2.05, 4.69) is 26.1 Å². The van der Waals surface area contributed by atoms with Crippen molar-refractivity contribution in [3.05, 3.63) is 0 Å². The lowest BCUT2D eigenvalue weighted by molar-refractivity contribution is 0.0675. The quantitative estimate of drug-likeness (QED) is 0.663. The van der Waals surface area contributed by atoms with Gasteiger partial charge in [0.2, 0.25) is 0 Å². The highest BCUT2D eigenvalue weighted by atomic mass is 16.3. The Kier molecular flexibility index (Phi) is 6.38. The lowest BCUT2D eigenvalue weighted by Crippen LogP contribution is -2.30. The Bertz CT molecular complexity index is 138. The molecule has 0 fully saturated rings. The zero-order valence-electron chi connectivity index (χ0n) is 10.4. The second-order valence-electron chi connectivity index (χ2n) is 5.41. The zero-order valence-corrected chi connectivity index (χ0v) is 10.4. The van der Waals surface area contributed by atoms with E-state index in [1.54, 1.807) is 0 Å². The molecule has 0 bridgehead atoms. The van der Waals surface area contributed by atoms with Gasteiger partial charge in [0.25, 0.3) is 0 Å². The van der Waals surface area contributed by atoms with Crippen molar-refractivity contribution in [3.8, 4) is 0 Å². The number of hydrogen-bond donors (Lipinski definition) is 2. The predicted molar refractivity (Wildman–Crippen MR) is 62.5 cm³/mol. The predicted octanol–water partition coefficient (Wildman–Crippen LogP) is 2.56. The molecule has 1 unspecified atom stereocenters. The fourth-order valence-corrected chi connectivity index (χ4v) is 1.38. The lowest BCUT2D eigenvalue weighted by Gasteiger charge is -2.19. The molecule has 0 spiro atoms. The highest BCUT2D eigenvalue weighted by molar-refractivity contribution is 4.68. The molecule has 0 aliphatic carbocycles. The van der Waals surface area contributed by atoms with Gasteiger partial charge in [0.15, 0.2) is 0 Å². The molecule has 86 valence electrons. The van der Waals surface area contributed by atoms with E-state index in [1.807, 2.05) is 13.8 Å². The number of hydrogen-bond acceptors (Lipinski definition) is 2. The van der Waals surface area contributed by atoms with Gasteiger partial charge >= 0.3 is 0 Å². The highest BCUT2D eigenvalue weighted by Gasteiger charge is 2.12. The van der Waals surface area contributed by atoms with Crippen molar-refractivity contribution in [2.75, 3.05) is 6.54 Å². The molecule has 0 aromatic heterocycles. The number of nitrogens with one attached hydrogen (secondary N) is 1. The maximum Gasteiger partial charge on any atom is 0.0591 e. The summed E-state index contributed by atoms with van der Waals surface area (Å²) in [5.74, 6) is 0.715. The largest absolute Gasteiger partial charge is 0.390 e. The summed E-state index contributed by atoms with van der Waals surface area (Å²) in [5, 5.41) is 13.0. The van der Waals surface area contributed by atoms with E-state index in [0.29, 0.717) is 12.0 Å². The second kappa shape index (κ2) is 6.41. The van der Waals surface area contributed by atoms with Gasteiger partial charge in [0.1, 0.15) is 0 Å². The minimum atomic E-state index is -0.502. The van der Waals surface area contributed by atoms with Crippen LogP contribution in [0.3, 0.4) is 0 Å². The van der Waals surface area contributed by atoms with Crippen molar-refractivity contribution in [1.29, 1.82) is 0 Å². The maximum atomic E-state index is 9.53. The average molecular weight is 201 g/mol. The first kappa shape index (κ1) is 13.9. The van der Waals surface area contributed by atoms with Crippen molar-refractivity contribution < 1.29 is 5.11 Å². The van der Waals surface area contributed by atoms with Gasteiger partial charge in [0, 0.05) is 6.04 Å². The first-order valence-electron chi connectivity index (χ1n) is 5.77. The van der Waals surface area contributed by atoms with Crippen molar-refractivity contribution in [1.82, 2.24) is 5.32 Å². The molecule has 0 aromatic carbocycles. The Morgan fingerprint density at radius 2 is 1.79 bits per heavy atom. The topological polar surface area (TPSA) is 32.3 Å². The van der Waals surface area contributed by atoms with Crippen LogP contribution in [0.25, 0.3) is 0 Å². The van der Waals surface area contributed by atoms with E-state index in [4.69, 9.17) is 0 Å². The Labute approximate surface area is 89.1 Å². The Hall–Kier alpha value is -0.0800. The normalized spacial score (nSPS) is 14.8. The summed E-state index contributed by atoms with van der Waals surface area (Å²) >= 11 is 0. The molecule has 14 heavy (non-hydrogen) atoms. The molecule has 0 rings (SSSR count). The van der Waals surface area contributed by atoms with Crippen LogP contribution in [-0.4, -0.2) is 23.3 Å². The van der Waals surface area contributed by atoms with Gasteiger partial charge in [-0.1, -0.05) is 13.8 Å². The molecule has 0 aromatic rings. The van der Waals surface area contributed by atoms with E-state index in [9.17, 15) is 5.11 Å². The molecule has 0 heterocycles. The lowest BCUT2D eigenvalue weighted by atomic mass is 9.99. The molecule has 0 amide bonds. The number of rotatable bonds is 7. The molecular weight excluding hydrogens is 174 g/mol. The third kappa shape index (κ3) is 10.0. The second-order valence-corrected chi connectivity index (χ2v) is 5.41. The molecule has 0 aliphatic rings. The number of aliphatic hydroxyl groups is 1. The van der Waals surface area contributed by atoms with E-state index in [1.165, 1.54) is 0 Å². The molecule has 0 aliphatic heterocycles. The minimum absolute atomic E-state index is 0.502. The fraction of sp³-hybridized carbons (Fsp3) is 1.00. The first-order chi connectivity index (χ1) is 6.31. The van der Waals surface area contributed by atoms with Gasteiger partial charge in [-0.25, -0.2) is 0 Å². The van der Waals surface area contributed by atoms with Crippen LogP contribution >= 0.6 is 0 Å². The Morgan fingerprint density at radius 1 is 1.21 bits per heavy atom. The summed E-state index contributed by atoms with van der Waals surface area (Å²) in [7, 11) is 0. The van der Waals surface area contributed by atoms with E-state index in [0.717, 1.165) is 25.8 Å². The van der Waals surface area contributed by atoms with Gasteiger partial charge in [-0.15, -0.1) is 0 Å². The van der Waals surface area contributed by atoms with Gasteiger partial charge in [-0.3, -0.25) is 0 Å². The monoisotopic (exact) mass is 201 g/mol. The van der Waals surface area contributed by atoms with Crippen molar-refractivity contribution >= 4 is 0 Å². The van der Waals surface area contributed by atoms with Crippen molar-refractivity contribution in [2.24, 2.45) is 5.92 Å². The third-order valence-electron chi connectivity index (χ3n) is 2.30. The highest BCUT2D eigenvalue weighted by Crippen LogP contribution is 2.13. The summed E-state index contributed by atoms with van der Waals surface area (Å²) in [4.78, 5) is 0. The van der Waals surface area contributed by atoms with Crippen LogP contribution in [0.4, 0.5) is 0 Å². The first-order valence-corrected chi connectivity index (χ1v) is 5.77. The molecule has 2 heteroatoms. The van der Waals surface area contributed by atoms with Gasteiger partial charge < -0.3 is 10.4 Å². The summed E-state index contributed by atoms with van der Waals surface area (Å²) < 4.78 is 0. The van der Waals surface area contributed by atoms with Crippen LogP contribution in [0.15, 0.2) is 0 Å². The van der Waals surface area contributed by atoms with Crippen LogP contribution in [0.1, 0.15) is 53.9 Å². The van der Waals surface area contributed by atoms with Gasteiger partial charge in [-0.2, -0.15) is 0 Å². The molecular formula is C12H27NO. The fourth-order valence-electron chi connectivity index (χ4n) is 1.38. The Morgan fingerprint density at radius 3 is 2.21 bits per heavy atom. The molecule has 1 atom stereocenters. The van der Waals surface area contributed by atoms with E-state index in [-0.39, 0.29) is 0 Å². The summed E-state index contributed by atoms with van der Waals surface area (Å²) in [6.07, 6.45) is 3.13. The smallest absolute Gasteiger partial charge is 0.0591 e. The molecule has 0 saturated heterocycles. The van der Waals surface area contributed by atoms with Crippen LogP contribution in [0, 0.1) is 5.92 Å².